The number of hydrogen-bond donors (Lipinski definition) is 0. The van der Waals surface area contributed by atoms with Gasteiger partial charge in [0.15, 0.2) is 0 Å². The van der Waals surface area contributed by atoms with Gasteiger partial charge in [-0.1, -0.05) is 48.5 Å². The van der Waals surface area contributed by atoms with E-state index < -0.39 is 0 Å². The summed E-state index contributed by atoms with van der Waals surface area (Å²) in [4.78, 5) is 1.27. The standard InChI is InChI=1S/C13H11S/c1-3-7-12(8-4-1)11-14-13-9-5-2-6-10-13/h1-11H. The molecule has 0 atom stereocenters. The highest BCUT2D eigenvalue weighted by atomic mass is 32.2. The molecule has 0 nitrogen and oxygen atoms in total. The molecule has 2 aromatic rings. The third-order valence-electron chi connectivity index (χ3n) is 1.87. The Morgan fingerprint density at radius 2 is 1.29 bits per heavy atom. The Bertz CT molecular complexity index is 327. The Kier molecular flexibility index (Phi) is 3.25. The minimum Gasteiger partial charge on any atom is -0.116 e. The lowest BCUT2D eigenvalue weighted by molar-refractivity contribution is 1.46. The van der Waals surface area contributed by atoms with Crippen molar-refractivity contribution in [3.63, 3.8) is 0 Å². The zero-order valence-electron chi connectivity index (χ0n) is 7.76. The van der Waals surface area contributed by atoms with E-state index in [0.29, 0.717) is 0 Å². The van der Waals surface area contributed by atoms with E-state index in [0.717, 1.165) is 0 Å². The van der Waals surface area contributed by atoms with E-state index in [1.165, 1.54) is 10.5 Å². The molecule has 0 aromatic heterocycles. The maximum Gasteiger partial charge on any atom is 0.0507 e. The third-order valence-corrected chi connectivity index (χ3v) is 2.81. The van der Waals surface area contributed by atoms with Gasteiger partial charge in [0.2, 0.25) is 0 Å². The fourth-order valence-electron chi connectivity index (χ4n) is 1.17. The summed E-state index contributed by atoms with van der Waals surface area (Å²) >= 11 is 1.75. The number of rotatable bonds is 3. The number of benzene rings is 2. The molecule has 0 aliphatic carbocycles. The van der Waals surface area contributed by atoms with Crippen LogP contribution in [0.2, 0.25) is 0 Å². The van der Waals surface area contributed by atoms with Crippen LogP contribution in [0.15, 0.2) is 65.6 Å². The summed E-state index contributed by atoms with van der Waals surface area (Å²) in [6, 6.07) is 20.7. The van der Waals surface area contributed by atoms with Crippen molar-refractivity contribution in [1.29, 1.82) is 0 Å². The van der Waals surface area contributed by atoms with E-state index in [2.05, 4.69) is 54.3 Å². The Balaban J connectivity index is 1.96. The third kappa shape index (κ3) is 2.64. The summed E-state index contributed by atoms with van der Waals surface area (Å²) in [6.45, 7) is 0. The average molecular weight is 199 g/mol. The lowest BCUT2D eigenvalue weighted by atomic mass is 10.2. The van der Waals surface area contributed by atoms with Crippen LogP contribution < -0.4 is 0 Å². The molecular weight excluding hydrogens is 188 g/mol. The summed E-state index contributed by atoms with van der Waals surface area (Å²) in [5, 5.41) is 0. The van der Waals surface area contributed by atoms with Crippen molar-refractivity contribution in [3.8, 4) is 0 Å². The molecule has 0 unspecified atom stereocenters. The van der Waals surface area contributed by atoms with Gasteiger partial charge in [-0.3, -0.25) is 0 Å². The fraction of sp³-hybridized carbons (Fsp3) is 0. The molecular formula is C13H11S. The van der Waals surface area contributed by atoms with Crippen LogP contribution in [0.25, 0.3) is 0 Å². The van der Waals surface area contributed by atoms with Crippen LogP contribution in [-0.2, 0) is 0 Å². The van der Waals surface area contributed by atoms with E-state index in [-0.39, 0.29) is 0 Å². The molecule has 1 radical (unpaired) electrons. The van der Waals surface area contributed by atoms with Gasteiger partial charge in [0.05, 0.1) is 5.75 Å². The van der Waals surface area contributed by atoms with Crippen LogP contribution in [0.5, 0.6) is 0 Å². The molecule has 0 saturated heterocycles. The van der Waals surface area contributed by atoms with Gasteiger partial charge in [0, 0.05) is 4.90 Å². The van der Waals surface area contributed by atoms with Gasteiger partial charge in [-0.05, 0) is 17.7 Å². The molecule has 2 rings (SSSR count). The first-order chi connectivity index (χ1) is 6.95. The van der Waals surface area contributed by atoms with Crippen molar-refractivity contribution < 1.29 is 0 Å². The van der Waals surface area contributed by atoms with Gasteiger partial charge in [-0.15, -0.1) is 11.8 Å². The maximum absolute atomic E-state index is 2.16. The summed E-state index contributed by atoms with van der Waals surface area (Å²) in [7, 11) is 0. The minimum atomic E-state index is 1.25. The largest absolute Gasteiger partial charge is 0.116 e. The van der Waals surface area contributed by atoms with Crippen molar-refractivity contribution in [2.45, 2.75) is 4.90 Å². The highest BCUT2D eigenvalue weighted by molar-refractivity contribution is 8.01. The average Bonchev–Trinajstić information content (AvgIpc) is 2.29. The zero-order valence-corrected chi connectivity index (χ0v) is 8.58. The second-order valence-corrected chi connectivity index (χ2v) is 3.90. The molecule has 0 bridgehead atoms. The highest BCUT2D eigenvalue weighted by Gasteiger charge is 1.94. The Labute approximate surface area is 89.0 Å². The summed E-state index contributed by atoms with van der Waals surface area (Å²) in [6.07, 6.45) is 0. The summed E-state index contributed by atoms with van der Waals surface area (Å²) in [5.74, 6) is 2.16. The Morgan fingerprint density at radius 1 is 0.714 bits per heavy atom. The first-order valence-electron chi connectivity index (χ1n) is 4.55. The summed E-state index contributed by atoms with van der Waals surface area (Å²) < 4.78 is 0. The molecule has 2 aromatic carbocycles. The highest BCUT2D eigenvalue weighted by Crippen LogP contribution is 2.23. The van der Waals surface area contributed by atoms with Crippen LogP contribution in [0.1, 0.15) is 5.56 Å². The molecule has 69 valence electrons. The quantitative estimate of drug-likeness (QED) is 0.673. The van der Waals surface area contributed by atoms with Gasteiger partial charge < -0.3 is 0 Å². The minimum absolute atomic E-state index is 1.25. The molecule has 0 aliphatic rings. The van der Waals surface area contributed by atoms with Crippen LogP contribution >= 0.6 is 11.8 Å². The zero-order chi connectivity index (χ0) is 9.64. The molecule has 0 spiro atoms. The van der Waals surface area contributed by atoms with Gasteiger partial charge in [0.25, 0.3) is 0 Å². The van der Waals surface area contributed by atoms with Crippen LogP contribution in [-0.4, -0.2) is 0 Å². The summed E-state index contributed by atoms with van der Waals surface area (Å²) in [5.41, 5.74) is 1.25. The van der Waals surface area contributed by atoms with Crippen LogP contribution in [0.4, 0.5) is 0 Å². The fourth-order valence-corrected chi connectivity index (χ4v) is 1.91. The topological polar surface area (TPSA) is 0 Å². The first kappa shape index (κ1) is 9.35. The molecule has 0 saturated carbocycles. The lowest BCUT2D eigenvalue weighted by Crippen LogP contribution is -1.75. The molecule has 0 aliphatic heterocycles. The Morgan fingerprint density at radius 3 is 1.93 bits per heavy atom. The van der Waals surface area contributed by atoms with E-state index in [1.807, 2.05) is 12.1 Å². The normalized spacial score (nSPS) is 10.0. The molecule has 0 amide bonds. The van der Waals surface area contributed by atoms with Crippen molar-refractivity contribution >= 4 is 11.8 Å². The molecule has 14 heavy (non-hydrogen) atoms. The number of thioether (sulfide) groups is 1. The van der Waals surface area contributed by atoms with E-state index in [9.17, 15) is 0 Å². The van der Waals surface area contributed by atoms with E-state index in [4.69, 9.17) is 0 Å². The van der Waals surface area contributed by atoms with Crippen LogP contribution in [0.3, 0.4) is 0 Å². The second-order valence-electron chi connectivity index (χ2n) is 2.96. The molecule has 1 heteroatoms. The first-order valence-corrected chi connectivity index (χ1v) is 5.43. The maximum atomic E-state index is 2.16. The molecule has 0 N–H and O–H groups in total. The predicted molar refractivity (Wildman–Crippen MR) is 62.1 cm³/mol. The molecule has 0 heterocycles. The lowest BCUT2D eigenvalue weighted by Gasteiger charge is -2.00. The Hall–Kier alpha value is -1.21. The van der Waals surface area contributed by atoms with Crippen molar-refractivity contribution in [3.05, 3.63) is 72.0 Å². The SMILES string of the molecule is [CH](Sc1ccccc1)c1ccccc1. The van der Waals surface area contributed by atoms with Gasteiger partial charge in [0.1, 0.15) is 0 Å². The van der Waals surface area contributed by atoms with Crippen molar-refractivity contribution in [1.82, 2.24) is 0 Å². The van der Waals surface area contributed by atoms with E-state index in [1.54, 1.807) is 11.8 Å². The van der Waals surface area contributed by atoms with Gasteiger partial charge in [-0.2, -0.15) is 0 Å². The van der Waals surface area contributed by atoms with Crippen molar-refractivity contribution in [2.24, 2.45) is 0 Å². The monoisotopic (exact) mass is 199 g/mol. The van der Waals surface area contributed by atoms with E-state index >= 15 is 0 Å². The van der Waals surface area contributed by atoms with Gasteiger partial charge in [-0.25, -0.2) is 0 Å². The predicted octanol–water partition coefficient (Wildman–Crippen LogP) is 3.99. The second kappa shape index (κ2) is 4.87. The van der Waals surface area contributed by atoms with Gasteiger partial charge >= 0.3 is 0 Å². The smallest absolute Gasteiger partial charge is 0.0507 e. The van der Waals surface area contributed by atoms with Crippen molar-refractivity contribution in [2.75, 3.05) is 0 Å². The molecule has 0 fully saturated rings. The van der Waals surface area contributed by atoms with Crippen LogP contribution in [0, 0.1) is 5.75 Å². The number of hydrogen-bond acceptors (Lipinski definition) is 1.